The Morgan fingerprint density at radius 1 is 1.50 bits per heavy atom. The van der Waals surface area contributed by atoms with E-state index in [1.54, 1.807) is 0 Å². The Labute approximate surface area is 90.9 Å². The van der Waals surface area contributed by atoms with Gasteiger partial charge in [-0.3, -0.25) is 4.68 Å². The van der Waals surface area contributed by atoms with Crippen molar-refractivity contribution in [2.24, 2.45) is 12.8 Å². The number of hydrogen-bond acceptors (Lipinski definition) is 3. The van der Waals surface area contributed by atoms with Gasteiger partial charge < -0.3 is 10.8 Å². The number of nitrogens with two attached hydrogens (primary N) is 1. The van der Waals surface area contributed by atoms with Crippen molar-refractivity contribution < 1.29 is 18.3 Å². The maximum atomic E-state index is 12.6. The fourth-order valence-corrected chi connectivity index (χ4v) is 1.40. The minimum Gasteiger partial charge on any atom is -0.394 e. The van der Waals surface area contributed by atoms with Gasteiger partial charge in [0, 0.05) is 24.3 Å². The van der Waals surface area contributed by atoms with E-state index in [0.29, 0.717) is 0 Å². The van der Waals surface area contributed by atoms with Gasteiger partial charge in [-0.15, -0.1) is 0 Å². The highest BCUT2D eigenvalue weighted by Gasteiger charge is 2.38. The highest BCUT2D eigenvalue weighted by Crippen LogP contribution is 2.31. The highest BCUT2D eigenvalue weighted by atomic mass is 19.4. The van der Waals surface area contributed by atoms with Crippen LogP contribution in [0.2, 0.25) is 0 Å². The molecule has 0 radical (unpaired) electrons. The second-order valence-corrected chi connectivity index (χ2v) is 4.16. The molecule has 16 heavy (non-hydrogen) atoms. The van der Waals surface area contributed by atoms with Gasteiger partial charge in [-0.25, -0.2) is 0 Å². The lowest BCUT2D eigenvalue weighted by Gasteiger charge is -2.21. The van der Waals surface area contributed by atoms with Crippen LogP contribution in [-0.2, 0) is 19.6 Å². The fourth-order valence-electron chi connectivity index (χ4n) is 1.40. The van der Waals surface area contributed by atoms with E-state index in [0.717, 1.165) is 4.68 Å². The summed E-state index contributed by atoms with van der Waals surface area (Å²) in [6.07, 6.45) is -3.31. The Hall–Kier alpha value is -1.08. The van der Waals surface area contributed by atoms with Gasteiger partial charge in [0.2, 0.25) is 0 Å². The van der Waals surface area contributed by atoms with Crippen molar-refractivity contribution in [1.82, 2.24) is 9.78 Å². The zero-order valence-electron chi connectivity index (χ0n) is 9.04. The molecule has 0 bridgehead atoms. The average Bonchev–Trinajstić information content (AvgIpc) is 2.45. The molecule has 1 aromatic heterocycles. The molecule has 0 spiro atoms. The molecule has 0 fully saturated rings. The van der Waals surface area contributed by atoms with Crippen LogP contribution in [-0.4, -0.2) is 27.0 Å². The van der Waals surface area contributed by atoms with Crippen molar-refractivity contribution >= 4 is 0 Å². The summed E-state index contributed by atoms with van der Waals surface area (Å²) in [5.41, 5.74) is 3.58. The van der Waals surface area contributed by atoms with Gasteiger partial charge in [-0.05, 0) is 13.3 Å². The highest BCUT2D eigenvalue weighted by molar-refractivity contribution is 5.22. The number of halogens is 3. The normalized spacial score (nSPS) is 16.2. The summed E-state index contributed by atoms with van der Waals surface area (Å²) in [6.45, 7) is 1.10. The first kappa shape index (κ1) is 13.0. The van der Waals surface area contributed by atoms with Crippen molar-refractivity contribution in [2.75, 3.05) is 6.61 Å². The molecular weight excluding hydrogens is 223 g/mol. The quantitative estimate of drug-likeness (QED) is 0.813. The molecule has 0 aromatic carbocycles. The molecule has 1 heterocycles. The summed E-state index contributed by atoms with van der Waals surface area (Å²) < 4.78 is 38.8. The first-order valence-corrected chi connectivity index (χ1v) is 4.65. The van der Waals surface area contributed by atoms with E-state index in [4.69, 9.17) is 10.8 Å². The number of aromatic nitrogens is 2. The van der Waals surface area contributed by atoms with Gasteiger partial charge in [0.05, 0.1) is 6.61 Å². The second kappa shape index (κ2) is 4.06. The largest absolute Gasteiger partial charge is 0.435 e. The van der Waals surface area contributed by atoms with E-state index in [2.05, 4.69) is 5.10 Å². The smallest absolute Gasteiger partial charge is 0.394 e. The maximum absolute atomic E-state index is 12.6. The van der Waals surface area contributed by atoms with Crippen molar-refractivity contribution in [3.8, 4) is 0 Å². The zero-order valence-corrected chi connectivity index (χ0v) is 9.04. The Kier molecular flexibility index (Phi) is 3.30. The van der Waals surface area contributed by atoms with Gasteiger partial charge in [0.15, 0.2) is 5.69 Å². The van der Waals surface area contributed by atoms with Crippen LogP contribution in [0.3, 0.4) is 0 Å². The van der Waals surface area contributed by atoms with Gasteiger partial charge in [-0.1, -0.05) is 0 Å². The van der Waals surface area contributed by atoms with Gasteiger partial charge >= 0.3 is 6.18 Å². The molecule has 7 heteroatoms. The molecule has 0 aliphatic carbocycles. The molecule has 1 atom stereocenters. The molecule has 0 aliphatic heterocycles. The summed E-state index contributed by atoms with van der Waals surface area (Å²) in [5, 5.41) is 12.3. The zero-order chi connectivity index (χ0) is 12.6. The van der Waals surface area contributed by atoms with Crippen LogP contribution in [0.4, 0.5) is 13.2 Å². The molecule has 0 saturated heterocycles. The summed E-state index contributed by atoms with van der Waals surface area (Å²) in [4.78, 5) is 0. The summed E-state index contributed by atoms with van der Waals surface area (Å²) in [7, 11) is 1.41. The molecule has 92 valence electrons. The minimum absolute atomic E-state index is 0.00551. The Balaban J connectivity index is 3.05. The van der Waals surface area contributed by atoms with Crippen LogP contribution >= 0.6 is 0 Å². The van der Waals surface area contributed by atoms with Gasteiger partial charge in [-0.2, -0.15) is 18.3 Å². The molecule has 0 saturated carbocycles. The summed E-state index contributed by atoms with van der Waals surface area (Å²) in [5.74, 6) is 0. The second-order valence-electron chi connectivity index (χ2n) is 4.16. The fraction of sp³-hybridized carbons (Fsp3) is 0.667. The lowest BCUT2D eigenvalue weighted by molar-refractivity contribution is -0.142. The number of nitrogens with zero attached hydrogens (tertiary/aromatic N) is 2. The van der Waals surface area contributed by atoms with E-state index in [1.165, 1.54) is 20.2 Å². The van der Waals surface area contributed by atoms with Crippen LogP contribution in [0.15, 0.2) is 6.20 Å². The van der Waals surface area contributed by atoms with Crippen LogP contribution < -0.4 is 5.73 Å². The van der Waals surface area contributed by atoms with Crippen molar-refractivity contribution in [3.05, 3.63) is 17.5 Å². The number of aliphatic hydroxyl groups is 1. The standard InChI is InChI=1S/C9H14F3N3O/c1-8(13,5-16)3-6-4-15(2)14-7(6)9(10,11)12/h4,16H,3,5,13H2,1-2H3. The van der Waals surface area contributed by atoms with Gasteiger partial charge in [0.25, 0.3) is 0 Å². The molecule has 1 rings (SSSR count). The number of rotatable bonds is 3. The molecule has 1 aromatic rings. The van der Waals surface area contributed by atoms with E-state index < -0.39 is 17.4 Å². The number of hydrogen-bond donors (Lipinski definition) is 2. The van der Waals surface area contributed by atoms with E-state index in [9.17, 15) is 13.2 Å². The molecular formula is C9H14F3N3O. The average molecular weight is 237 g/mol. The molecule has 1 unspecified atom stereocenters. The van der Waals surface area contributed by atoms with Crippen molar-refractivity contribution in [2.45, 2.75) is 25.1 Å². The third kappa shape index (κ3) is 2.96. The molecule has 0 amide bonds. The van der Waals surface area contributed by atoms with E-state index in [-0.39, 0.29) is 18.6 Å². The third-order valence-corrected chi connectivity index (χ3v) is 2.13. The van der Waals surface area contributed by atoms with Gasteiger partial charge in [0.1, 0.15) is 0 Å². The molecule has 0 aliphatic rings. The Bertz CT molecular complexity index is 371. The first-order valence-electron chi connectivity index (χ1n) is 4.65. The monoisotopic (exact) mass is 237 g/mol. The minimum atomic E-state index is -4.50. The lowest BCUT2D eigenvalue weighted by Crippen LogP contribution is -2.42. The first-order chi connectivity index (χ1) is 7.15. The number of alkyl halides is 3. The predicted octanol–water partition coefficient (Wildman–Crippen LogP) is 0.691. The lowest BCUT2D eigenvalue weighted by atomic mass is 9.95. The SMILES string of the molecule is Cn1cc(CC(C)(N)CO)c(C(F)(F)F)n1. The maximum Gasteiger partial charge on any atom is 0.435 e. The molecule has 4 nitrogen and oxygen atoms in total. The van der Waals surface area contributed by atoms with E-state index >= 15 is 0 Å². The number of aryl methyl sites for hydroxylation is 1. The summed E-state index contributed by atoms with van der Waals surface area (Å²) in [6, 6.07) is 0. The van der Waals surface area contributed by atoms with Crippen molar-refractivity contribution in [3.63, 3.8) is 0 Å². The number of aliphatic hydroxyl groups excluding tert-OH is 1. The van der Waals surface area contributed by atoms with Crippen LogP contribution in [0.25, 0.3) is 0 Å². The predicted molar refractivity (Wildman–Crippen MR) is 51.6 cm³/mol. The topological polar surface area (TPSA) is 64.1 Å². The Morgan fingerprint density at radius 2 is 2.06 bits per heavy atom. The van der Waals surface area contributed by atoms with E-state index in [1.807, 2.05) is 0 Å². The Morgan fingerprint density at radius 3 is 2.50 bits per heavy atom. The summed E-state index contributed by atoms with van der Waals surface area (Å²) >= 11 is 0. The van der Waals surface area contributed by atoms with Crippen LogP contribution in [0, 0.1) is 0 Å². The van der Waals surface area contributed by atoms with Crippen molar-refractivity contribution in [1.29, 1.82) is 0 Å². The van der Waals surface area contributed by atoms with Crippen LogP contribution in [0.1, 0.15) is 18.2 Å². The van der Waals surface area contributed by atoms with Crippen LogP contribution in [0.5, 0.6) is 0 Å². The third-order valence-electron chi connectivity index (χ3n) is 2.13. The molecule has 3 N–H and O–H groups in total.